The lowest BCUT2D eigenvalue weighted by Crippen LogP contribution is -2.62. The zero-order valence-electron chi connectivity index (χ0n) is 39.0. The monoisotopic (exact) mass is 958 g/mol. The van der Waals surface area contributed by atoms with E-state index in [4.69, 9.17) is 18.9 Å². The Labute approximate surface area is 397 Å². The minimum Gasteiger partial charge on any atom is -0.497 e. The molecule has 0 aliphatic carbocycles. The van der Waals surface area contributed by atoms with E-state index in [0.29, 0.717) is 22.4 Å². The number of nitrogens with zero attached hydrogens (tertiary/aromatic N) is 4. The largest absolute Gasteiger partial charge is 0.497 e. The van der Waals surface area contributed by atoms with Gasteiger partial charge in [0.05, 0.1) is 13.7 Å². The zero-order chi connectivity index (χ0) is 50.0. The Morgan fingerprint density at radius 2 is 1.29 bits per heavy atom. The third-order valence-corrected chi connectivity index (χ3v) is 13.2. The minimum absolute atomic E-state index is 0.0180. The number of likely N-dealkylation sites (N-methyl/N-ethyl adjacent to an activating group) is 3. The maximum Gasteiger partial charge on any atom is 0.252 e. The van der Waals surface area contributed by atoms with Crippen LogP contribution in [0.4, 0.5) is 0 Å². The molecule has 370 valence electrons. The molecule has 6 N–H and O–H groups in total. The van der Waals surface area contributed by atoms with Crippen LogP contribution >= 0.6 is 0 Å². The molecule has 5 aliphatic heterocycles. The second kappa shape index (κ2) is 20.9. The molecular formula is C48H58N6O15. The molecule has 69 heavy (non-hydrogen) atoms. The molecule has 5 heterocycles. The summed E-state index contributed by atoms with van der Waals surface area (Å²) in [5.74, 6) is -4.31. The molecule has 3 aromatic rings. The van der Waals surface area contributed by atoms with Crippen LogP contribution in [0.25, 0.3) is 0 Å². The first kappa shape index (κ1) is 50.2. The summed E-state index contributed by atoms with van der Waals surface area (Å²) in [6, 6.07) is 9.89. The molecule has 0 spiro atoms. The number of hydrogen-bond donors (Lipinski definition) is 6. The van der Waals surface area contributed by atoms with Gasteiger partial charge >= 0.3 is 0 Å². The Morgan fingerprint density at radius 3 is 1.96 bits per heavy atom. The maximum atomic E-state index is 15.0. The van der Waals surface area contributed by atoms with Gasteiger partial charge < -0.3 is 64.7 Å². The number of imide groups is 1. The zero-order valence-corrected chi connectivity index (χ0v) is 39.0. The Balaban J connectivity index is 1.28. The predicted molar refractivity (Wildman–Crippen MR) is 241 cm³/mol. The lowest BCUT2D eigenvalue weighted by molar-refractivity contribution is -0.277. The van der Waals surface area contributed by atoms with Gasteiger partial charge in [-0.25, -0.2) is 0 Å². The normalized spacial score (nSPS) is 29.7. The van der Waals surface area contributed by atoms with Crippen molar-refractivity contribution >= 4 is 41.4 Å². The van der Waals surface area contributed by atoms with Crippen LogP contribution in [-0.2, 0) is 57.6 Å². The molecule has 7 amide bonds. The molecule has 21 heteroatoms. The van der Waals surface area contributed by atoms with E-state index in [9.17, 15) is 54.0 Å². The van der Waals surface area contributed by atoms with Crippen molar-refractivity contribution in [2.24, 2.45) is 0 Å². The lowest BCUT2D eigenvalue weighted by Gasteiger charge is -2.39. The number of ether oxygens (including phenoxy) is 4. The SMILES string of the molecule is COc1ccc(C[C@H]2C(=O)N[C@@H](C)C(=O)N(C)[C@H]3Cc4ccc(cc4)Oc4cc(ccc4O[C@@H]4O[C@H](CO)[C@@H](O)[C@H](O)[C@H]4O)C[C@@H](C(=O)N[C@H](C)C(=O)N4C(=O)CC[C@H]4C(=O)N2C)N(C)C3=O)cc1. The highest BCUT2D eigenvalue weighted by Gasteiger charge is 2.47. The van der Waals surface area contributed by atoms with E-state index in [1.165, 1.54) is 65.2 Å². The minimum atomic E-state index is -1.75. The van der Waals surface area contributed by atoms with Crippen molar-refractivity contribution in [2.45, 2.75) is 113 Å². The number of hydrogen-bond acceptors (Lipinski definition) is 15. The van der Waals surface area contributed by atoms with E-state index in [1.54, 1.807) is 48.5 Å². The van der Waals surface area contributed by atoms with Gasteiger partial charge in [-0.15, -0.1) is 0 Å². The van der Waals surface area contributed by atoms with Crippen LogP contribution in [0.2, 0.25) is 0 Å². The first-order chi connectivity index (χ1) is 32.8. The van der Waals surface area contributed by atoms with Crippen LogP contribution in [0.5, 0.6) is 23.0 Å². The highest BCUT2D eigenvalue weighted by atomic mass is 16.7. The second-order valence-electron chi connectivity index (χ2n) is 17.8. The van der Waals surface area contributed by atoms with Gasteiger partial charge in [0.1, 0.15) is 72.2 Å². The predicted octanol–water partition coefficient (Wildman–Crippen LogP) is -0.971. The van der Waals surface area contributed by atoms with Crippen molar-refractivity contribution in [2.75, 3.05) is 34.9 Å². The van der Waals surface area contributed by atoms with Crippen LogP contribution in [0.3, 0.4) is 0 Å². The molecule has 8 rings (SSSR count). The number of aliphatic hydroxyl groups is 4. The summed E-state index contributed by atoms with van der Waals surface area (Å²) in [7, 11) is 5.66. The first-order valence-corrected chi connectivity index (χ1v) is 22.6. The number of carbonyl (C=O) groups excluding carboxylic acids is 7. The van der Waals surface area contributed by atoms with Gasteiger partial charge in [-0.2, -0.15) is 0 Å². The van der Waals surface area contributed by atoms with Crippen LogP contribution in [0.1, 0.15) is 43.4 Å². The summed E-state index contributed by atoms with van der Waals surface area (Å²) in [5, 5.41) is 46.7. The molecule has 0 radical (unpaired) electrons. The Kier molecular flexibility index (Phi) is 15.2. The highest BCUT2D eigenvalue weighted by Crippen LogP contribution is 2.37. The van der Waals surface area contributed by atoms with Gasteiger partial charge in [-0.05, 0) is 73.4 Å². The topological polar surface area (TPSA) is 274 Å². The molecular weight excluding hydrogens is 901 g/mol. The molecule has 0 aromatic heterocycles. The summed E-state index contributed by atoms with van der Waals surface area (Å²) in [4.78, 5) is 105. The molecule has 0 saturated carbocycles. The smallest absolute Gasteiger partial charge is 0.252 e. The van der Waals surface area contributed by atoms with Crippen molar-refractivity contribution in [1.82, 2.24) is 30.2 Å². The highest BCUT2D eigenvalue weighted by molar-refractivity contribution is 6.06. The van der Waals surface area contributed by atoms with E-state index in [0.717, 1.165) is 14.7 Å². The molecule has 3 saturated heterocycles. The van der Waals surface area contributed by atoms with Crippen LogP contribution in [-0.4, -0.2) is 183 Å². The Morgan fingerprint density at radius 1 is 0.681 bits per heavy atom. The fraction of sp³-hybridized carbons (Fsp3) is 0.479. The number of nitrogens with one attached hydrogen (secondary N) is 2. The third kappa shape index (κ3) is 10.5. The number of aliphatic hydroxyl groups excluding tert-OH is 4. The summed E-state index contributed by atoms with van der Waals surface area (Å²) in [5.41, 5.74) is 1.57. The second-order valence-corrected chi connectivity index (χ2v) is 17.8. The van der Waals surface area contributed by atoms with Crippen LogP contribution in [0, 0.1) is 0 Å². The van der Waals surface area contributed by atoms with Gasteiger partial charge in [0, 0.05) is 46.8 Å². The summed E-state index contributed by atoms with van der Waals surface area (Å²) >= 11 is 0. The maximum absolute atomic E-state index is 15.0. The van der Waals surface area contributed by atoms with Crippen molar-refractivity contribution in [3.8, 4) is 23.0 Å². The Hall–Kier alpha value is -6.65. The molecule has 6 bridgehead atoms. The van der Waals surface area contributed by atoms with E-state index in [2.05, 4.69) is 10.6 Å². The van der Waals surface area contributed by atoms with Crippen LogP contribution in [0.15, 0.2) is 66.7 Å². The van der Waals surface area contributed by atoms with Gasteiger partial charge in [0.2, 0.25) is 41.7 Å². The van der Waals surface area contributed by atoms with Gasteiger partial charge in [0.25, 0.3) is 5.91 Å². The van der Waals surface area contributed by atoms with Gasteiger partial charge in [0.15, 0.2) is 11.5 Å². The van der Waals surface area contributed by atoms with Crippen molar-refractivity contribution in [3.05, 3.63) is 83.4 Å². The first-order valence-electron chi connectivity index (χ1n) is 22.6. The van der Waals surface area contributed by atoms with Crippen molar-refractivity contribution in [3.63, 3.8) is 0 Å². The number of fused-ring (bicyclic) bond motifs is 3. The summed E-state index contributed by atoms with van der Waals surface area (Å²) in [6.07, 6.45) is -8.55. The molecule has 3 fully saturated rings. The molecule has 3 aromatic carbocycles. The lowest BCUT2D eigenvalue weighted by atomic mass is 9.98. The Bertz CT molecular complexity index is 2440. The van der Waals surface area contributed by atoms with E-state index < -0.39 is 115 Å². The number of carbonyl (C=O) groups is 7. The van der Waals surface area contributed by atoms with Gasteiger partial charge in [-0.3, -0.25) is 38.5 Å². The summed E-state index contributed by atoms with van der Waals surface area (Å²) < 4.78 is 23.1. The number of rotatable bonds is 6. The standard InChI is InChI=1S/C48H58N6O15/c1-24-44(62)53(5)34-20-27-9-14-30(15-10-27)67-36-22-28(11-17-35(36)68-48-41(59)40(58)39(57)37(23-55)69-48)21-33(52(4)47(34)65)43(61)50-25(2)45(63)54-31(16-18-38(54)56)46(64)51(3)32(42(60)49-24)19-26-7-12-29(66-6)13-8-26/h7-15,17,22,24-25,31-34,37,39-41,48,55,57-59H,16,18-21,23H2,1-6H3,(H,49,60)(H,50,61)/t24-,25+,31-,32-,33-,34-,37+,39+,40-,41+,48+/m0/s1. The number of amides is 7. The molecule has 0 unspecified atom stereocenters. The van der Waals surface area contributed by atoms with Crippen molar-refractivity contribution in [1.29, 1.82) is 0 Å². The quantitative estimate of drug-likeness (QED) is 0.162. The fourth-order valence-corrected chi connectivity index (χ4v) is 8.98. The molecule has 5 aliphatic rings. The van der Waals surface area contributed by atoms with E-state index >= 15 is 0 Å². The van der Waals surface area contributed by atoms with E-state index in [-0.39, 0.29) is 49.4 Å². The molecule has 21 nitrogen and oxygen atoms in total. The molecule has 11 atom stereocenters. The van der Waals surface area contributed by atoms with Gasteiger partial charge in [-0.1, -0.05) is 30.3 Å². The third-order valence-electron chi connectivity index (χ3n) is 13.2. The average Bonchev–Trinajstić information content (AvgIpc) is 3.73. The average molecular weight is 959 g/mol. The number of methoxy groups -OCH3 is 1. The number of benzene rings is 3. The van der Waals surface area contributed by atoms with E-state index in [1.807, 2.05) is 0 Å². The van der Waals surface area contributed by atoms with Crippen molar-refractivity contribution < 1.29 is 72.9 Å². The van der Waals surface area contributed by atoms with Crippen LogP contribution < -0.4 is 24.8 Å². The fourth-order valence-electron chi connectivity index (χ4n) is 8.98. The summed E-state index contributed by atoms with van der Waals surface area (Å²) in [6.45, 7) is 2.09.